The third-order valence-electron chi connectivity index (χ3n) is 4.13. The topological polar surface area (TPSA) is 80.2 Å². The number of hydrogen-bond donors (Lipinski definition) is 1. The molecule has 7 heteroatoms. The van der Waals surface area contributed by atoms with Crippen molar-refractivity contribution in [1.82, 2.24) is 19.9 Å². The molecule has 1 aromatic carbocycles. The number of benzene rings is 1. The number of aromatic nitrogens is 3. The Morgan fingerprint density at radius 2 is 1.82 bits per heavy atom. The summed E-state index contributed by atoms with van der Waals surface area (Å²) < 4.78 is 5.43. The first-order valence-corrected chi connectivity index (χ1v) is 9.13. The predicted octanol–water partition coefficient (Wildman–Crippen LogP) is 3.33. The Hall–Kier alpha value is -3.48. The third-order valence-corrected chi connectivity index (χ3v) is 4.13. The van der Waals surface area contributed by atoms with Gasteiger partial charge in [0.05, 0.1) is 6.61 Å². The van der Waals surface area contributed by atoms with Crippen LogP contribution < -0.4 is 10.1 Å². The molecule has 0 atom stereocenters. The molecule has 3 aromatic rings. The quantitative estimate of drug-likeness (QED) is 0.649. The molecule has 0 fully saturated rings. The molecule has 0 aliphatic rings. The predicted molar refractivity (Wildman–Crippen MR) is 108 cm³/mol. The molecule has 0 radical (unpaired) electrons. The first-order valence-electron chi connectivity index (χ1n) is 9.13. The van der Waals surface area contributed by atoms with Crippen molar-refractivity contribution in [3.05, 3.63) is 72.3 Å². The Balaban J connectivity index is 1.62. The van der Waals surface area contributed by atoms with Crippen molar-refractivity contribution < 1.29 is 9.53 Å². The Kier molecular flexibility index (Phi) is 6.51. The van der Waals surface area contributed by atoms with Gasteiger partial charge in [-0.2, -0.15) is 0 Å². The Bertz CT molecular complexity index is 900. The first kappa shape index (κ1) is 19.3. The van der Waals surface area contributed by atoms with Crippen LogP contribution in [0.5, 0.6) is 5.75 Å². The van der Waals surface area contributed by atoms with Gasteiger partial charge in [0, 0.05) is 37.9 Å². The van der Waals surface area contributed by atoms with E-state index in [1.165, 1.54) is 0 Å². The number of nitrogens with one attached hydrogen (secondary N) is 1. The van der Waals surface area contributed by atoms with Crippen molar-refractivity contribution in [3.63, 3.8) is 0 Å². The van der Waals surface area contributed by atoms with Gasteiger partial charge in [0.15, 0.2) is 0 Å². The molecular formula is C21H23N5O2. The molecule has 0 saturated heterocycles. The highest BCUT2D eigenvalue weighted by atomic mass is 16.5. The maximum atomic E-state index is 12.7. The number of ether oxygens (including phenoxy) is 1. The van der Waals surface area contributed by atoms with E-state index in [2.05, 4.69) is 20.3 Å². The lowest BCUT2D eigenvalue weighted by Crippen LogP contribution is -2.29. The zero-order valence-corrected chi connectivity index (χ0v) is 16.0. The average Bonchev–Trinajstić information content (AvgIpc) is 2.74. The van der Waals surface area contributed by atoms with Crippen LogP contribution in [-0.2, 0) is 6.42 Å². The second-order valence-electron chi connectivity index (χ2n) is 6.18. The van der Waals surface area contributed by atoms with Crippen molar-refractivity contribution in [1.29, 1.82) is 0 Å². The summed E-state index contributed by atoms with van der Waals surface area (Å²) >= 11 is 0. The fourth-order valence-electron chi connectivity index (χ4n) is 2.61. The second-order valence-corrected chi connectivity index (χ2v) is 6.18. The van der Waals surface area contributed by atoms with Crippen molar-refractivity contribution in [2.75, 3.05) is 25.5 Å². The van der Waals surface area contributed by atoms with E-state index in [-0.39, 0.29) is 5.91 Å². The number of hydrogen-bond acceptors (Lipinski definition) is 6. The van der Waals surface area contributed by atoms with Crippen molar-refractivity contribution in [2.24, 2.45) is 0 Å². The van der Waals surface area contributed by atoms with Crippen molar-refractivity contribution in [2.45, 2.75) is 13.3 Å². The first-order chi connectivity index (χ1) is 13.7. The summed E-state index contributed by atoms with van der Waals surface area (Å²) in [5.41, 5.74) is 2.30. The molecule has 7 nitrogen and oxygen atoms in total. The standard InChI is InChI=1S/C21H23N5O2/c1-3-28-18-6-4-17(5-7-18)24-21-23-14-10-19(25-21)20(27)26(2)15-11-16-8-12-22-13-9-16/h4-10,12-14H,3,11,15H2,1-2H3,(H,23,24,25). The number of likely N-dealkylation sites (N-methyl/N-ethyl adjacent to an activating group) is 1. The molecule has 2 heterocycles. The van der Waals surface area contributed by atoms with Crippen LogP contribution in [0.1, 0.15) is 23.0 Å². The highest BCUT2D eigenvalue weighted by molar-refractivity contribution is 5.92. The van der Waals surface area contributed by atoms with Gasteiger partial charge in [0.2, 0.25) is 5.95 Å². The van der Waals surface area contributed by atoms with Crippen LogP contribution in [0.15, 0.2) is 61.1 Å². The van der Waals surface area contributed by atoms with Gasteiger partial charge in [-0.3, -0.25) is 9.78 Å². The maximum Gasteiger partial charge on any atom is 0.272 e. The smallest absolute Gasteiger partial charge is 0.272 e. The van der Waals surface area contributed by atoms with Gasteiger partial charge in [-0.05, 0) is 61.4 Å². The molecular weight excluding hydrogens is 354 g/mol. The number of nitrogens with zero attached hydrogens (tertiary/aromatic N) is 4. The fourth-order valence-corrected chi connectivity index (χ4v) is 2.61. The maximum absolute atomic E-state index is 12.7. The lowest BCUT2D eigenvalue weighted by Gasteiger charge is -2.17. The van der Waals surface area contributed by atoms with Crippen molar-refractivity contribution >= 4 is 17.5 Å². The van der Waals surface area contributed by atoms with Crippen LogP contribution in [-0.4, -0.2) is 46.0 Å². The van der Waals surface area contributed by atoms with E-state index in [4.69, 9.17) is 4.74 Å². The van der Waals surface area contributed by atoms with E-state index in [1.807, 2.05) is 43.3 Å². The third kappa shape index (κ3) is 5.26. The molecule has 28 heavy (non-hydrogen) atoms. The van der Waals surface area contributed by atoms with Gasteiger partial charge in [0.25, 0.3) is 5.91 Å². The molecule has 0 bridgehead atoms. The van der Waals surface area contributed by atoms with E-state index in [1.54, 1.807) is 36.6 Å². The Morgan fingerprint density at radius 3 is 2.54 bits per heavy atom. The number of anilines is 2. The summed E-state index contributed by atoms with van der Waals surface area (Å²) in [5, 5.41) is 3.11. The van der Waals surface area contributed by atoms with Gasteiger partial charge in [-0.15, -0.1) is 0 Å². The summed E-state index contributed by atoms with van der Waals surface area (Å²) in [6.07, 6.45) is 5.84. The summed E-state index contributed by atoms with van der Waals surface area (Å²) in [5.74, 6) is 1.03. The molecule has 1 N–H and O–H groups in total. The van der Waals surface area contributed by atoms with Gasteiger partial charge in [0.1, 0.15) is 11.4 Å². The minimum atomic E-state index is -0.147. The highest BCUT2D eigenvalue weighted by Gasteiger charge is 2.14. The molecule has 2 aromatic heterocycles. The van der Waals surface area contributed by atoms with E-state index in [9.17, 15) is 4.79 Å². The molecule has 0 aliphatic heterocycles. The SMILES string of the molecule is CCOc1ccc(Nc2nccc(C(=O)N(C)CCc3ccncc3)n2)cc1. The van der Waals surface area contributed by atoms with Crippen LogP contribution >= 0.6 is 0 Å². The fraction of sp³-hybridized carbons (Fsp3) is 0.238. The monoisotopic (exact) mass is 377 g/mol. The van der Waals surface area contributed by atoms with Gasteiger partial charge < -0.3 is 15.0 Å². The number of carbonyl (C=O) groups excluding carboxylic acids is 1. The van der Waals surface area contributed by atoms with Gasteiger partial charge in [-0.25, -0.2) is 9.97 Å². The van der Waals surface area contributed by atoms with Crippen LogP contribution in [0.3, 0.4) is 0 Å². The molecule has 1 amide bonds. The minimum absolute atomic E-state index is 0.147. The Labute approximate surface area is 164 Å². The molecule has 0 spiro atoms. The summed E-state index contributed by atoms with van der Waals surface area (Å²) in [6, 6.07) is 13.0. The second kappa shape index (κ2) is 9.45. The number of carbonyl (C=O) groups is 1. The number of pyridine rings is 1. The number of amides is 1. The van der Waals surface area contributed by atoms with E-state index in [0.29, 0.717) is 24.8 Å². The van der Waals surface area contributed by atoms with E-state index >= 15 is 0 Å². The van der Waals surface area contributed by atoms with E-state index < -0.39 is 0 Å². The zero-order chi connectivity index (χ0) is 19.8. The number of rotatable bonds is 8. The van der Waals surface area contributed by atoms with Gasteiger partial charge >= 0.3 is 0 Å². The van der Waals surface area contributed by atoms with Crippen LogP contribution in [0.4, 0.5) is 11.6 Å². The summed E-state index contributed by atoms with van der Waals surface area (Å²) in [6.45, 7) is 3.15. The van der Waals surface area contributed by atoms with Crippen LogP contribution in [0, 0.1) is 0 Å². The minimum Gasteiger partial charge on any atom is -0.494 e. The van der Waals surface area contributed by atoms with E-state index in [0.717, 1.165) is 23.4 Å². The molecule has 0 saturated carbocycles. The summed E-state index contributed by atoms with van der Waals surface area (Å²) in [7, 11) is 1.77. The van der Waals surface area contributed by atoms with Crippen LogP contribution in [0.25, 0.3) is 0 Å². The van der Waals surface area contributed by atoms with Gasteiger partial charge in [-0.1, -0.05) is 0 Å². The largest absolute Gasteiger partial charge is 0.494 e. The molecule has 0 unspecified atom stereocenters. The zero-order valence-electron chi connectivity index (χ0n) is 16.0. The Morgan fingerprint density at radius 1 is 1.07 bits per heavy atom. The molecule has 144 valence electrons. The lowest BCUT2D eigenvalue weighted by atomic mass is 10.2. The van der Waals surface area contributed by atoms with Crippen LogP contribution in [0.2, 0.25) is 0 Å². The summed E-state index contributed by atoms with van der Waals surface area (Å²) in [4.78, 5) is 26.9. The normalized spacial score (nSPS) is 10.4. The molecule has 3 rings (SSSR count). The highest BCUT2D eigenvalue weighted by Crippen LogP contribution is 2.18. The van der Waals surface area contributed by atoms with Crippen molar-refractivity contribution in [3.8, 4) is 5.75 Å². The molecule has 0 aliphatic carbocycles. The lowest BCUT2D eigenvalue weighted by molar-refractivity contribution is 0.0791. The average molecular weight is 377 g/mol.